The Kier molecular flexibility index (Phi) is 5.13. The molecule has 2 nitrogen and oxygen atoms in total. The summed E-state index contributed by atoms with van der Waals surface area (Å²) >= 11 is 5.47. The summed E-state index contributed by atoms with van der Waals surface area (Å²) in [6.45, 7) is 0. The zero-order chi connectivity index (χ0) is 13.0. The van der Waals surface area contributed by atoms with E-state index in [1.165, 1.54) is 37.7 Å². The number of carboxylic acids is 1. The first kappa shape index (κ1) is 13.9. The molecule has 0 aromatic heterocycles. The average Bonchev–Trinajstić information content (AvgIpc) is 2.38. The molecule has 1 aliphatic carbocycles. The van der Waals surface area contributed by atoms with Crippen LogP contribution in [-0.4, -0.2) is 16.3 Å². The fourth-order valence-electron chi connectivity index (χ4n) is 2.24. The minimum Gasteiger partial charge on any atom is -0.478 e. The summed E-state index contributed by atoms with van der Waals surface area (Å²) in [6, 6.07) is 5.30. The van der Waals surface area contributed by atoms with Gasteiger partial charge < -0.3 is 5.11 Å². The Labute approximate surface area is 120 Å². The van der Waals surface area contributed by atoms with Gasteiger partial charge in [0, 0.05) is 15.5 Å². The highest BCUT2D eigenvalue weighted by atomic mass is 79.9. The van der Waals surface area contributed by atoms with Crippen molar-refractivity contribution in [1.82, 2.24) is 0 Å². The van der Waals surface area contributed by atoms with Gasteiger partial charge in [0.05, 0.1) is 5.56 Å². The number of carbonyl (C=O) groups is 1. The molecule has 4 heteroatoms. The fourth-order valence-corrected chi connectivity index (χ4v) is 4.28. The van der Waals surface area contributed by atoms with E-state index in [1.807, 2.05) is 17.8 Å². The molecule has 18 heavy (non-hydrogen) atoms. The lowest BCUT2D eigenvalue weighted by atomic mass is 10.0. The van der Waals surface area contributed by atoms with E-state index in [4.69, 9.17) is 5.11 Å². The predicted octanol–water partition coefficient (Wildman–Crippen LogP) is 4.71. The molecular formula is C14H17BrO2S. The number of hydrogen-bond donors (Lipinski definition) is 1. The van der Waals surface area contributed by atoms with E-state index in [1.54, 1.807) is 12.1 Å². The van der Waals surface area contributed by atoms with Crippen LogP contribution in [0.1, 0.15) is 48.0 Å². The van der Waals surface area contributed by atoms with Crippen LogP contribution in [0.25, 0.3) is 0 Å². The summed E-state index contributed by atoms with van der Waals surface area (Å²) in [5.74, 6) is 0.0905. The first-order valence-corrected chi connectivity index (χ1v) is 8.14. The minimum absolute atomic E-state index is 0.341. The third-order valence-electron chi connectivity index (χ3n) is 3.33. The van der Waals surface area contributed by atoms with Crippen molar-refractivity contribution in [1.29, 1.82) is 0 Å². The second-order valence-corrected chi connectivity index (χ2v) is 6.83. The number of hydrogen-bond acceptors (Lipinski definition) is 2. The summed E-state index contributed by atoms with van der Waals surface area (Å²) in [7, 11) is 0. The molecule has 1 aromatic carbocycles. The summed E-state index contributed by atoms with van der Waals surface area (Å²) in [4.78, 5) is 10.8. The Morgan fingerprint density at radius 3 is 2.67 bits per heavy atom. The largest absolute Gasteiger partial charge is 0.478 e. The molecule has 1 aromatic rings. The molecule has 0 bridgehead atoms. The van der Waals surface area contributed by atoms with Gasteiger partial charge in [-0.05, 0) is 30.5 Å². The van der Waals surface area contributed by atoms with E-state index in [0.29, 0.717) is 5.56 Å². The number of thioether (sulfide) groups is 1. The van der Waals surface area contributed by atoms with Crippen molar-refractivity contribution in [2.75, 3.05) is 0 Å². The van der Waals surface area contributed by atoms with Gasteiger partial charge in [-0.1, -0.05) is 41.3 Å². The Balaban J connectivity index is 1.94. The van der Waals surface area contributed by atoms with E-state index < -0.39 is 5.97 Å². The van der Waals surface area contributed by atoms with Gasteiger partial charge in [0.1, 0.15) is 0 Å². The standard InChI is InChI=1S/C14H17BrO2S/c15-13-8-10(14(16)17)6-7-11(13)9-18-12-4-2-1-3-5-12/h6-8,12H,1-5,9H2,(H,16,17). The number of carboxylic acid groups (broad SMARTS) is 1. The van der Waals surface area contributed by atoms with Gasteiger partial charge in [0.15, 0.2) is 0 Å². The van der Waals surface area contributed by atoms with Crippen molar-refractivity contribution in [3.05, 3.63) is 33.8 Å². The highest BCUT2D eigenvalue weighted by Gasteiger charge is 2.14. The second-order valence-electron chi connectivity index (χ2n) is 4.68. The van der Waals surface area contributed by atoms with E-state index in [0.717, 1.165) is 15.5 Å². The Morgan fingerprint density at radius 1 is 1.33 bits per heavy atom. The molecule has 2 rings (SSSR count). The minimum atomic E-state index is -0.873. The van der Waals surface area contributed by atoms with Crippen LogP contribution < -0.4 is 0 Å². The van der Waals surface area contributed by atoms with Crippen LogP contribution in [-0.2, 0) is 5.75 Å². The highest BCUT2D eigenvalue weighted by molar-refractivity contribution is 9.10. The summed E-state index contributed by atoms with van der Waals surface area (Å²) in [5.41, 5.74) is 1.53. The molecule has 0 aliphatic heterocycles. The van der Waals surface area contributed by atoms with Crippen molar-refractivity contribution >= 4 is 33.7 Å². The van der Waals surface area contributed by atoms with E-state index in [2.05, 4.69) is 15.9 Å². The van der Waals surface area contributed by atoms with Gasteiger partial charge >= 0.3 is 5.97 Å². The van der Waals surface area contributed by atoms with Crippen LogP contribution in [0.3, 0.4) is 0 Å². The van der Waals surface area contributed by atoms with E-state index >= 15 is 0 Å². The van der Waals surface area contributed by atoms with Gasteiger partial charge in [-0.2, -0.15) is 11.8 Å². The van der Waals surface area contributed by atoms with Crippen molar-refractivity contribution < 1.29 is 9.90 Å². The third kappa shape index (κ3) is 3.75. The number of rotatable bonds is 4. The van der Waals surface area contributed by atoms with Crippen LogP contribution >= 0.6 is 27.7 Å². The first-order chi connectivity index (χ1) is 8.66. The van der Waals surface area contributed by atoms with Gasteiger partial charge in [0.25, 0.3) is 0 Å². The molecule has 0 saturated heterocycles. The molecule has 0 unspecified atom stereocenters. The van der Waals surface area contributed by atoms with Gasteiger partial charge in [-0.15, -0.1) is 0 Å². The summed E-state index contributed by atoms with van der Waals surface area (Å²) in [6.07, 6.45) is 6.76. The third-order valence-corrected chi connectivity index (χ3v) is 5.49. The molecule has 1 aliphatic rings. The van der Waals surface area contributed by atoms with E-state index in [-0.39, 0.29) is 0 Å². The lowest BCUT2D eigenvalue weighted by Crippen LogP contribution is -2.08. The van der Waals surface area contributed by atoms with Crippen LogP contribution in [0, 0.1) is 0 Å². The molecule has 0 spiro atoms. The predicted molar refractivity (Wildman–Crippen MR) is 79.3 cm³/mol. The smallest absolute Gasteiger partial charge is 0.335 e. The zero-order valence-corrected chi connectivity index (χ0v) is 12.6. The number of aromatic carboxylic acids is 1. The normalized spacial score (nSPS) is 16.7. The van der Waals surface area contributed by atoms with Crippen LogP contribution in [0.2, 0.25) is 0 Å². The van der Waals surface area contributed by atoms with E-state index in [9.17, 15) is 4.79 Å². The Bertz CT molecular complexity index is 428. The quantitative estimate of drug-likeness (QED) is 0.869. The lowest BCUT2D eigenvalue weighted by Gasteiger charge is -2.21. The second kappa shape index (κ2) is 6.62. The molecular weight excluding hydrogens is 312 g/mol. The van der Waals surface area contributed by atoms with Gasteiger partial charge in [-0.25, -0.2) is 4.79 Å². The van der Waals surface area contributed by atoms with Crippen LogP contribution in [0.15, 0.2) is 22.7 Å². The summed E-state index contributed by atoms with van der Waals surface area (Å²) in [5, 5.41) is 9.69. The Hall–Kier alpha value is -0.480. The molecule has 1 saturated carbocycles. The van der Waals surface area contributed by atoms with Crippen LogP contribution in [0.4, 0.5) is 0 Å². The van der Waals surface area contributed by atoms with Gasteiger partial charge in [-0.3, -0.25) is 0 Å². The average molecular weight is 329 g/mol. The molecule has 1 N–H and O–H groups in total. The fraction of sp³-hybridized carbons (Fsp3) is 0.500. The molecule has 0 heterocycles. The maximum absolute atomic E-state index is 10.8. The summed E-state index contributed by atoms with van der Waals surface area (Å²) < 4.78 is 0.908. The van der Waals surface area contributed by atoms with Crippen molar-refractivity contribution in [2.45, 2.75) is 43.1 Å². The molecule has 0 atom stereocenters. The highest BCUT2D eigenvalue weighted by Crippen LogP contribution is 2.32. The van der Waals surface area contributed by atoms with Crippen molar-refractivity contribution in [3.8, 4) is 0 Å². The topological polar surface area (TPSA) is 37.3 Å². The molecule has 98 valence electrons. The maximum atomic E-state index is 10.8. The molecule has 0 radical (unpaired) electrons. The Morgan fingerprint density at radius 2 is 2.06 bits per heavy atom. The zero-order valence-electron chi connectivity index (χ0n) is 10.2. The number of halogens is 1. The van der Waals surface area contributed by atoms with Crippen LogP contribution in [0.5, 0.6) is 0 Å². The first-order valence-electron chi connectivity index (χ1n) is 6.30. The SMILES string of the molecule is O=C(O)c1ccc(CSC2CCCCC2)c(Br)c1. The van der Waals surface area contributed by atoms with Crippen molar-refractivity contribution in [3.63, 3.8) is 0 Å². The molecule has 1 fully saturated rings. The van der Waals surface area contributed by atoms with Crippen molar-refractivity contribution in [2.24, 2.45) is 0 Å². The monoisotopic (exact) mass is 328 g/mol. The maximum Gasteiger partial charge on any atom is 0.335 e. The number of benzene rings is 1. The lowest BCUT2D eigenvalue weighted by molar-refractivity contribution is 0.0697. The molecule has 0 amide bonds. The van der Waals surface area contributed by atoms with Gasteiger partial charge in [0.2, 0.25) is 0 Å².